The van der Waals surface area contributed by atoms with Gasteiger partial charge in [-0.1, -0.05) is 133 Å². The highest BCUT2D eigenvalue weighted by molar-refractivity contribution is 6.15. The van der Waals surface area contributed by atoms with Crippen molar-refractivity contribution in [1.29, 1.82) is 0 Å². The summed E-state index contributed by atoms with van der Waals surface area (Å²) < 4.78 is 13.0. The second-order valence-electron chi connectivity index (χ2n) is 12.5. The molecule has 0 aliphatic heterocycles. The van der Waals surface area contributed by atoms with E-state index in [4.69, 9.17) is 8.83 Å². The van der Waals surface area contributed by atoms with Crippen molar-refractivity contribution in [2.45, 2.75) is 0 Å². The van der Waals surface area contributed by atoms with Crippen molar-refractivity contribution in [2.75, 3.05) is 4.90 Å². The van der Waals surface area contributed by atoms with Gasteiger partial charge >= 0.3 is 0 Å². The highest BCUT2D eigenvalue weighted by Crippen LogP contribution is 2.47. The Morgan fingerprint density at radius 3 is 1.80 bits per heavy atom. The molecule has 0 radical (unpaired) electrons. The van der Waals surface area contributed by atoms with Gasteiger partial charge in [-0.3, -0.25) is 0 Å². The number of fused-ring (bicyclic) bond motifs is 7. The first kappa shape index (κ1) is 27.5. The fraction of sp³-hybridized carbons (Fsp3) is 0. The van der Waals surface area contributed by atoms with E-state index in [1.54, 1.807) is 0 Å². The molecule has 10 aromatic rings. The maximum atomic E-state index is 6.57. The number of rotatable bonds is 5. The maximum absolute atomic E-state index is 6.57. The topological polar surface area (TPSA) is 29.5 Å². The van der Waals surface area contributed by atoms with Gasteiger partial charge in [-0.15, -0.1) is 0 Å². The van der Waals surface area contributed by atoms with Gasteiger partial charge in [0.25, 0.3) is 0 Å². The molecule has 0 spiro atoms. The van der Waals surface area contributed by atoms with Crippen molar-refractivity contribution < 1.29 is 8.83 Å². The van der Waals surface area contributed by atoms with Crippen LogP contribution in [-0.4, -0.2) is 0 Å². The maximum Gasteiger partial charge on any atom is 0.143 e. The number of hydrogen-bond acceptors (Lipinski definition) is 3. The summed E-state index contributed by atoms with van der Waals surface area (Å²) >= 11 is 0. The Balaban J connectivity index is 1.22. The molecule has 0 fully saturated rings. The van der Waals surface area contributed by atoms with Crippen LogP contribution < -0.4 is 4.90 Å². The van der Waals surface area contributed by atoms with E-state index < -0.39 is 0 Å². The Kier molecular flexibility index (Phi) is 6.18. The SMILES string of the molecule is c1ccc(N(c2ccc(-c3cccc4ccccc34)cc2)c2cccc3oc4ccccc4c23)c(-c2cccc3c2oc2ccccc23)c1. The molecular weight excluding hydrogens is 599 g/mol. The standard InChI is InChI=1S/C46H29NO2/c1-2-14-33-30(12-1)13-9-18-34(33)31-26-28-32(29-27-31)47(41-22-11-25-44-45(41)39-17-5-8-24-43(39)48-44)40-21-6-3-15-35(40)37-19-10-20-38-36-16-4-7-23-42(36)49-46(37)38/h1-29H. The zero-order chi connectivity index (χ0) is 32.3. The van der Waals surface area contributed by atoms with E-state index in [-0.39, 0.29) is 0 Å². The smallest absolute Gasteiger partial charge is 0.143 e. The summed E-state index contributed by atoms with van der Waals surface area (Å²) in [6, 6.07) is 62.0. The van der Waals surface area contributed by atoms with E-state index in [0.29, 0.717) is 0 Å². The van der Waals surface area contributed by atoms with Gasteiger partial charge < -0.3 is 13.7 Å². The summed E-state index contributed by atoms with van der Waals surface area (Å²) in [6.07, 6.45) is 0. The molecule has 49 heavy (non-hydrogen) atoms. The molecule has 230 valence electrons. The minimum atomic E-state index is 0.855. The first-order valence-electron chi connectivity index (χ1n) is 16.6. The predicted molar refractivity (Wildman–Crippen MR) is 204 cm³/mol. The molecule has 2 aromatic heterocycles. The van der Waals surface area contributed by atoms with Crippen molar-refractivity contribution in [3.8, 4) is 22.3 Å². The lowest BCUT2D eigenvalue weighted by Gasteiger charge is -2.28. The van der Waals surface area contributed by atoms with E-state index in [2.05, 4.69) is 157 Å². The number of furan rings is 2. The Morgan fingerprint density at radius 2 is 0.918 bits per heavy atom. The molecule has 0 amide bonds. The highest BCUT2D eigenvalue weighted by atomic mass is 16.3. The lowest BCUT2D eigenvalue weighted by atomic mass is 9.97. The zero-order valence-corrected chi connectivity index (χ0v) is 26.5. The average Bonchev–Trinajstić information content (AvgIpc) is 3.74. The van der Waals surface area contributed by atoms with Crippen LogP contribution in [0.15, 0.2) is 185 Å². The Morgan fingerprint density at radius 1 is 0.347 bits per heavy atom. The van der Waals surface area contributed by atoms with Gasteiger partial charge in [0.15, 0.2) is 0 Å². The van der Waals surface area contributed by atoms with Crippen LogP contribution in [0.2, 0.25) is 0 Å². The molecule has 0 N–H and O–H groups in total. The number of benzene rings is 8. The third kappa shape index (κ3) is 4.37. The first-order valence-corrected chi connectivity index (χ1v) is 16.6. The quantitative estimate of drug-likeness (QED) is 0.190. The summed E-state index contributed by atoms with van der Waals surface area (Å²) in [6.45, 7) is 0. The number of hydrogen-bond donors (Lipinski definition) is 0. The fourth-order valence-electron chi connectivity index (χ4n) is 7.47. The van der Waals surface area contributed by atoms with Crippen LogP contribution in [-0.2, 0) is 0 Å². The molecule has 8 aromatic carbocycles. The lowest BCUT2D eigenvalue weighted by molar-refractivity contribution is 0.669. The van der Waals surface area contributed by atoms with E-state index in [1.807, 2.05) is 24.3 Å². The number of anilines is 3. The third-order valence-electron chi connectivity index (χ3n) is 9.69. The molecule has 10 rings (SSSR count). The Hall–Kier alpha value is -6.58. The van der Waals surface area contributed by atoms with Crippen LogP contribution in [0.1, 0.15) is 0 Å². The molecule has 0 aliphatic carbocycles. The van der Waals surface area contributed by atoms with E-state index >= 15 is 0 Å². The minimum Gasteiger partial charge on any atom is -0.456 e. The molecule has 3 nitrogen and oxygen atoms in total. The first-order chi connectivity index (χ1) is 24.3. The molecule has 0 saturated heterocycles. The zero-order valence-electron chi connectivity index (χ0n) is 26.5. The van der Waals surface area contributed by atoms with Crippen molar-refractivity contribution in [3.05, 3.63) is 176 Å². The third-order valence-corrected chi connectivity index (χ3v) is 9.69. The minimum absolute atomic E-state index is 0.855. The van der Waals surface area contributed by atoms with Crippen molar-refractivity contribution in [2.24, 2.45) is 0 Å². The predicted octanol–water partition coefficient (Wildman–Crippen LogP) is 13.4. The normalized spacial score (nSPS) is 11.7. The van der Waals surface area contributed by atoms with Gasteiger partial charge in [-0.2, -0.15) is 0 Å². The van der Waals surface area contributed by atoms with Gasteiger partial charge in [0.1, 0.15) is 22.3 Å². The summed E-state index contributed by atoms with van der Waals surface area (Å²) in [5.41, 5.74) is 11.2. The molecule has 0 bridgehead atoms. The molecule has 3 heteroatoms. The van der Waals surface area contributed by atoms with Gasteiger partial charge in [-0.25, -0.2) is 0 Å². The highest BCUT2D eigenvalue weighted by Gasteiger charge is 2.23. The fourth-order valence-corrected chi connectivity index (χ4v) is 7.47. The summed E-state index contributed by atoms with van der Waals surface area (Å²) in [4.78, 5) is 2.37. The Labute approximate surface area is 282 Å². The second-order valence-corrected chi connectivity index (χ2v) is 12.5. The lowest BCUT2D eigenvalue weighted by Crippen LogP contribution is -2.11. The monoisotopic (exact) mass is 627 g/mol. The molecular formula is C46H29NO2. The van der Waals surface area contributed by atoms with Crippen LogP contribution in [0, 0.1) is 0 Å². The summed E-state index contributed by atoms with van der Waals surface area (Å²) in [5, 5.41) is 6.87. The molecule has 2 heterocycles. The van der Waals surface area contributed by atoms with Crippen LogP contribution in [0.25, 0.3) is 76.9 Å². The van der Waals surface area contributed by atoms with E-state index in [0.717, 1.165) is 72.1 Å². The molecule has 0 atom stereocenters. The van der Waals surface area contributed by atoms with Crippen LogP contribution in [0.5, 0.6) is 0 Å². The molecule has 0 saturated carbocycles. The molecule has 0 aliphatic rings. The van der Waals surface area contributed by atoms with E-state index in [1.165, 1.54) is 21.9 Å². The van der Waals surface area contributed by atoms with Gasteiger partial charge in [0.05, 0.1) is 16.8 Å². The number of nitrogens with zero attached hydrogens (tertiary/aromatic N) is 1. The van der Waals surface area contributed by atoms with Crippen molar-refractivity contribution >= 4 is 71.7 Å². The summed E-state index contributed by atoms with van der Waals surface area (Å²) in [5.74, 6) is 0. The van der Waals surface area contributed by atoms with Crippen LogP contribution >= 0.6 is 0 Å². The van der Waals surface area contributed by atoms with Crippen molar-refractivity contribution in [1.82, 2.24) is 0 Å². The number of para-hydroxylation sites is 4. The summed E-state index contributed by atoms with van der Waals surface area (Å²) in [7, 11) is 0. The van der Waals surface area contributed by atoms with Gasteiger partial charge in [0.2, 0.25) is 0 Å². The van der Waals surface area contributed by atoms with E-state index in [9.17, 15) is 0 Å². The van der Waals surface area contributed by atoms with Crippen LogP contribution in [0.4, 0.5) is 17.1 Å². The van der Waals surface area contributed by atoms with Crippen LogP contribution in [0.3, 0.4) is 0 Å². The average molecular weight is 628 g/mol. The molecule has 0 unspecified atom stereocenters. The largest absolute Gasteiger partial charge is 0.456 e. The van der Waals surface area contributed by atoms with Crippen molar-refractivity contribution in [3.63, 3.8) is 0 Å². The second kappa shape index (κ2) is 11.0. The Bertz CT molecular complexity index is 2830. The van der Waals surface area contributed by atoms with Gasteiger partial charge in [0, 0.05) is 33.0 Å². The van der Waals surface area contributed by atoms with Gasteiger partial charge in [-0.05, 0) is 64.4 Å².